The lowest BCUT2D eigenvalue weighted by Gasteiger charge is -2.06. The quantitative estimate of drug-likeness (QED) is 0.332. The summed E-state index contributed by atoms with van der Waals surface area (Å²) >= 11 is 0. The molecule has 2 aromatic heterocycles. The second kappa shape index (κ2) is 5.46. The minimum absolute atomic E-state index is 0.0177. The van der Waals surface area contributed by atoms with Crippen LogP contribution in [0.15, 0.2) is 66.3 Å². The summed E-state index contributed by atoms with van der Waals surface area (Å²) in [4.78, 5) is 4.07. The van der Waals surface area contributed by atoms with Gasteiger partial charge in [-0.05, 0) is 11.6 Å². The van der Waals surface area contributed by atoms with E-state index in [0.717, 1.165) is 11.1 Å². The summed E-state index contributed by atoms with van der Waals surface area (Å²) in [6.45, 7) is 0. The SMILES string of the molecule is N/C(=N/O)c1ccncc1-n1cc(-c2ccccc2)cn1. The van der Waals surface area contributed by atoms with Crippen LogP contribution in [0.5, 0.6) is 0 Å². The molecule has 0 saturated heterocycles. The Balaban J connectivity index is 2.05. The molecule has 6 heteroatoms. The first-order chi connectivity index (χ1) is 10.3. The van der Waals surface area contributed by atoms with Crippen LogP contribution in [0.2, 0.25) is 0 Å². The standard InChI is InChI=1S/C15H13N5O/c16-15(19-21)13-6-7-17-9-14(13)20-10-12(8-18-20)11-4-2-1-3-5-11/h1-10,21H,(H2,16,19). The monoisotopic (exact) mass is 279 g/mol. The highest BCUT2D eigenvalue weighted by atomic mass is 16.4. The van der Waals surface area contributed by atoms with Crippen LogP contribution in [0.25, 0.3) is 16.8 Å². The maximum atomic E-state index is 8.86. The molecule has 0 atom stereocenters. The number of benzene rings is 1. The second-order valence-electron chi connectivity index (χ2n) is 4.42. The van der Waals surface area contributed by atoms with E-state index in [0.29, 0.717) is 11.3 Å². The van der Waals surface area contributed by atoms with Gasteiger partial charge < -0.3 is 10.9 Å². The van der Waals surface area contributed by atoms with Crippen LogP contribution < -0.4 is 5.73 Å². The molecule has 3 N–H and O–H groups in total. The van der Waals surface area contributed by atoms with Crippen molar-refractivity contribution in [3.8, 4) is 16.8 Å². The Hall–Kier alpha value is -3.15. The van der Waals surface area contributed by atoms with Crippen molar-refractivity contribution in [2.75, 3.05) is 0 Å². The first-order valence-corrected chi connectivity index (χ1v) is 6.32. The minimum atomic E-state index is 0.0177. The zero-order valence-corrected chi connectivity index (χ0v) is 11.1. The molecule has 0 fully saturated rings. The number of aromatic nitrogens is 3. The number of nitrogens with two attached hydrogens (primary N) is 1. The minimum Gasteiger partial charge on any atom is -0.409 e. The topological polar surface area (TPSA) is 89.3 Å². The number of amidine groups is 1. The predicted octanol–water partition coefficient (Wildman–Crippen LogP) is 2.03. The highest BCUT2D eigenvalue weighted by Gasteiger charge is 2.10. The van der Waals surface area contributed by atoms with Gasteiger partial charge in [0.1, 0.15) is 0 Å². The van der Waals surface area contributed by atoms with Crippen LogP contribution in [0.1, 0.15) is 5.56 Å². The Morgan fingerprint density at radius 2 is 1.90 bits per heavy atom. The number of hydrogen-bond donors (Lipinski definition) is 2. The maximum Gasteiger partial charge on any atom is 0.172 e. The molecular weight excluding hydrogens is 266 g/mol. The van der Waals surface area contributed by atoms with Crippen LogP contribution in [0.4, 0.5) is 0 Å². The molecule has 2 heterocycles. The maximum absolute atomic E-state index is 8.86. The fourth-order valence-electron chi connectivity index (χ4n) is 2.07. The number of rotatable bonds is 3. The summed E-state index contributed by atoms with van der Waals surface area (Å²) in [7, 11) is 0. The fourth-order valence-corrected chi connectivity index (χ4v) is 2.07. The third-order valence-corrected chi connectivity index (χ3v) is 3.12. The largest absolute Gasteiger partial charge is 0.409 e. The molecule has 3 rings (SSSR count). The summed E-state index contributed by atoms with van der Waals surface area (Å²) in [6, 6.07) is 11.6. The lowest BCUT2D eigenvalue weighted by molar-refractivity contribution is 0.318. The van der Waals surface area contributed by atoms with Gasteiger partial charge in [0.05, 0.1) is 18.1 Å². The Bertz CT molecular complexity index is 780. The third-order valence-electron chi connectivity index (χ3n) is 3.12. The lowest BCUT2D eigenvalue weighted by Crippen LogP contribution is -2.16. The van der Waals surface area contributed by atoms with Gasteiger partial charge in [0.25, 0.3) is 0 Å². The van der Waals surface area contributed by atoms with E-state index < -0.39 is 0 Å². The molecule has 21 heavy (non-hydrogen) atoms. The summed E-state index contributed by atoms with van der Waals surface area (Å²) in [6.07, 6.45) is 6.84. The number of pyridine rings is 1. The summed E-state index contributed by atoms with van der Waals surface area (Å²) < 4.78 is 1.66. The Morgan fingerprint density at radius 1 is 1.10 bits per heavy atom. The van der Waals surface area contributed by atoms with E-state index in [4.69, 9.17) is 10.9 Å². The van der Waals surface area contributed by atoms with Crippen LogP contribution in [-0.2, 0) is 0 Å². The molecule has 0 aliphatic heterocycles. The van der Waals surface area contributed by atoms with Gasteiger partial charge >= 0.3 is 0 Å². The average molecular weight is 279 g/mol. The summed E-state index contributed by atoms with van der Waals surface area (Å²) in [5, 5.41) is 16.2. The van der Waals surface area contributed by atoms with E-state index in [1.807, 2.05) is 36.5 Å². The van der Waals surface area contributed by atoms with E-state index in [1.54, 1.807) is 29.3 Å². The van der Waals surface area contributed by atoms with Crippen molar-refractivity contribution < 1.29 is 5.21 Å². The van der Waals surface area contributed by atoms with E-state index >= 15 is 0 Å². The van der Waals surface area contributed by atoms with Crippen molar-refractivity contribution in [1.82, 2.24) is 14.8 Å². The molecule has 3 aromatic rings. The molecule has 0 bridgehead atoms. The third kappa shape index (κ3) is 2.46. The van der Waals surface area contributed by atoms with Crippen molar-refractivity contribution in [3.05, 3.63) is 66.7 Å². The highest BCUT2D eigenvalue weighted by Crippen LogP contribution is 2.20. The van der Waals surface area contributed by atoms with E-state index in [-0.39, 0.29) is 5.84 Å². The lowest BCUT2D eigenvalue weighted by atomic mass is 10.1. The molecule has 0 unspecified atom stereocenters. The van der Waals surface area contributed by atoms with E-state index in [1.165, 1.54) is 0 Å². The normalized spacial score (nSPS) is 11.5. The van der Waals surface area contributed by atoms with Gasteiger partial charge in [-0.1, -0.05) is 35.5 Å². The van der Waals surface area contributed by atoms with Gasteiger partial charge in [0, 0.05) is 23.5 Å². The Labute approximate surface area is 121 Å². The Kier molecular flexibility index (Phi) is 3.34. The number of oxime groups is 1. The van der Waals surface area contributed by atoms with Gasteiger partial charge in [0.15, 0.2) is 5.84 Å². The van der Waals surface area contributed by atoms with Gasteiger partial charge in [-0.3, -0.25) is 4.98 Å². The van der Waals surface area contributed by atoms with Gasteiger partial charge in [-0.25, -0.2) is 4.68 Å². The van der Waals surface area contributed by atoms with E-state index in [9.17, 15) is 0 Å². The zero-order chi connectivity index (χ0) is 14.7. The van der Waals surface area contributed by atoms with Crippen LogP contribution in [0.3, 0.4) is 0 Å². The van der Waals surface area contributed by atoms with Gasteiger partial charge in [-0.15, -0.1) is 0 Å². The van der Waals surface area contributed by atoms with Crippen molar-refractivity contribution in [2.45, 2.75) is 0 Å². The van der Waals surface area contributed by atoms with Gasteiger partial charge in [-0.2, -0.15) is 5.10 Å². The first-order valence-electron chi connectivity index (χ1n) is 6.32. The molecular formula is C15H13N5O. The van der Waals surface area contributed by atoms with Crippen LogP contribution >= 0.6 is 0 Å². The smallest absolute Gasteiger partial charge is 0.172 e. The zero-order valence-electron chi connectivity index (χ0n) is 11.1. The average Bonchev–Trinajstić information content (AvgIpc) is 3.05. The van der Waals surface area contributed by atoms with Crippen molar-refractivity contribution in [2.24, 2.45) is 10.9 Å². The molecule has 6 nitrogen and oxygen atoms in total. The molecule has 0 amide bonds. The molecule has 0 spiro atoms. The molecule has 0 aliphatic carbocycles. The molecule has 104 valence electrons. The fraction of sp³-hybridized carbons (Fsp3) is 0. The predicted molar refractivity (Wildman–Crippen MR) is 79.3 cm³/mol. The number of nitrogens with zero attached hydrogens (tertiary/aromatic N) is 4. The Morgan fingerprint density at radius 3 is 2.67 bits per heavy atom. The van der Waals surface area contributed by atoms with Crippen LogP contribution in [0, 0.1) is 0 Å². The van der Waals surface area contributed by atoms with Crippen molar-refractivity contribution in [3.63, 3.8) is 0 Å². The number of hydrogen-bond acceptors (Lipinski definition) is 4. The second-order valence-corrected chi connectivity index (χ2v) is 4.42. The summed E-state index contributed by atoms with van der Waals surface area (Å²) in [5.74, 6) is 0.0177. The molecule has 0 radical (unpaired) electrons. The molecule has 0 saturated carbocycles. The van der Waals surface area contributed by atoms with Crippen LogP contribution in [-0.4, -0.2) is 25.8 Å². The molecule has 1 aromatic carbocycles. The first kappa shape index (κ1) is 12.9. The molecule has 0 aliphatic rings. The van der Waals surface area contributed by atoms with Crippen molar-refractivity contribution >= 4 is 5.84 Å². The van der Waals surface area contributed by atoms with Crippen molar-refractivity contribution in [1.29, 1.82) is 0 Å². The summed E-state index contributed by atoms with van der Waals surface area (Å²) in [5.41, 5.74) is 8.94. The highest BCUT2D eigenvalue weighted by molar-refractivity contribution is 6.00. The van der Waals surface area contributed by atoms with Gasteiger partial charge in [0.2, 0.25) is 0 Å². The van der Waals surface area contributed by atoms with E-state index in [2.05, 4.69) is 15.2 Å².